The number of nitrogens with one attached hydrogen (secondary N) is 1. The molecule has 3 nitrogen and oxygen atoms in total. The van der Waals surface area contributed by atoms with Crippen molar-refractivity contribution in [2.45, 2.75) is 25.8 Å². The Balaban J connectivity index is 1.81. The van der Waals surface area contributed by atoms with Crippen LogP contribution in [0.25, 0.3) is 0 Å². The number of aromatic nitrogens is 1. The lowest BCUT2D eigenvalue weighted by atomic mass is 10.2. The molecule has 2 rings (SSSR count). The molecule has 0 saturated carbocycles. The second-order valence-electron chi connectivity index (χ2n) is 3.83. The number of halogens is 1. The van der Waals surface area contributed by atoms with Crippen LogP contribution < -0.4 is 5.43 Å². The van der Waals surface area contributed by atoms with Crippen LogP contribution in [0.3, 0.4) is 0 Å². The van der Waals surface area contributed by atoms with E-state index in [4.69, 9.17) is 0 Å². The summed E-state index contributed by atoms with van der Waals surface area (Å²) >= 11 is 3.38. The summed E-state index contributed by atoms with van der Waals surface area (Å²) in [6.07, 6.45) is 3.98. The van der Waals surface area contributed by atoms with Gasteiger partial charge in [-0.3, -0.25) is 0 Å². The molecular weight excluding hydrogens is 254 g/mol. The molecule has 1 aliphatic heterocycles. The van der Waals surface area contributed by atoms with Gasteiger partial charge < -0.3 is 0 Å². The van der Waals surface area contributed by atoms with Gasteiger partial charge in [0.25, 0.3) is 0 Å². The molecule has 4 heteroatoms. The number of piperidine rings is 1. The van der Waals surface area contributed by atoms with Crippen LogP contribution in [0.2, 0.25) is 0 Å². The van der Waals surface area contributed by atoms with Gasteiger partial charge in [-0.2, -0.15) is 0 Å². The number of rotatable bonds is 3. The predicted molar refractivity (Wildman–Crippen MR) is 64.2 cm³/mol. The Hall–Kier alpha value is -0.450. The van der Waals surface area contributed by atoms with E-state index in [1.54, 1.807) is 0 Å². The van der Waals surface area contributed by atoms with Gasteiger partial charge in [0.2, 0.25) is 0 Å². The Morgan fingerprint density at radius 3 is 2.80 bits per heavy atom. The molecular formula is C11H16BrN3. The first kappa shape index (κ1) is 11.0. The lowest BCUT2D eigenvalue weighted by Gasteiger charge is -2.26. The fourth-order valence-corrected chi connectivity index (χ4v) is 2.17. The molecule has 1 aromatic heterocycles. The highest BCUT2D eigenvalue weighted by Gasteiger charge is 2.09. The molecule has 82 valence electrons. The maximum absolute atomic E-state index is 4.39. The van der Waals surface area contributed by atoms with E-state index in [0.29, 0.717) is 0 Å². The Morgan fingerprint density at radius 1 is 1.27 bits per heavy atom. The van der Waals surface area contributed by atoms with Gasteiger partial charge in [-0.1, -0.05) is 12.5 Å². The standard InChI is InChI=1S/C11H16BrN3/c12-11-6-4-5-10(14-11)9-13-15-7-2-1-3-8-15/h4-6,13H,1-3,7-9H2. The maximum Gasteiger partial charge on any atom is 0.106 e. The lowest BCUT2D eigenvalue weighted by Crippen LogP contribution is -2.41. The Bertz CT molecular complexity index is 310. The average molecular weight is 270 g/mol. The number of nitrogens with zero attached hydrogens (tertiary/aromatic N) is 2. The molecule has 1 aliphatic rings. The summed E-state index contributed by atoms with van der Waals surface area (Å²) in [5.74, 6) is 0. The van der Waals surface area contributed by atoms with Crippen molar-refractivity contribution in [3.8, 4) is 0 Å². The molecule has 0 radical (unpaired) electrons. The minimum Gasteiger partial charge on any atom is -0.249 e. The van der Waals surface area contributed by atoms with Crippen LogP contribution >= 0.6 is 15.9 Å². The largest absolute Gasteiger partial charge is 0.249 e. The minimum atomic E-state index is 0.819. The third kappa shape index (κ3) is 3.55. The summed E-state index contributed by atoms with van der Waals surface area (Å²) in [6, 6.07) is 6.01. The predicted octanol–water partition coefficient (Wildman–Crippen LogP) is 2.33. The number of hydrazine groups is 1. The summed E-state index contributed by atoms with van der Waals surface area (Å²) in [7, 11) is 0. The first-order chi connectivity index (χ1) is 7.34. The first-order valence-corrected chi connectivity index (χ1v) is 6.24. The van der Waals surface area contributed by atoms with Crippen LogP contribution in [-0.4, -0.2) is 23.1 Å². The summed E-state index contributed by atoms with van der Waals surface area (Å²) < 4.78 is 0.903. The quantitative estimate of drug-likeness (QED) is 0.854. The number of pyridine rings is 1. The van der Waals surface area contributed by atoms with E-state index in [9.17, 15) is 0 Å². The monoisotopic (exact) mass is 269 g/mol. The van der Waals surface area contributed by atoms with Gasteiger partial charge in [0, 0.05) is 13.1 Å². The number of hydrogen-bond acceptors (Lipinski definition) is 3. The van der Waals surface area contributed by atoms with Gasteiger partial charge in [-0.05, 0) is 40.9 Å². The summed E-state index contributed by atoms with van der Waals surface area (Å²) in [5.41, 5.74) is 4.49. The first-order valence-electron chi connectivity index (χ1n) is 5.44. The van der Waals surface area contributed by atoms with E-state index >= 15 is 0 Å². The van der Waals surface area contributed by atoms with Gasteiger partial charge in [0.15, 0.2) is 0 Å². The second kappa shape index (κ2) is 5.58. The van der Waals surface area contributed by atoms with Crippen molar-refractivity contribution in [3.63, 3.8) is 0 Å². The fourth-order valence-electron chi connectivity index (χ4n) is 1.79. The van der Waals surface area contributed by atoms with Crippen molar-refractivity contribution < 1.29 is 0 Å². The van der Waals surface area contributed by atoms with Crippen molar-refractivity contribution in [3.05, 3.63) is 28.5 Å². The van der Waals surface area contributed by atoms with Crippen molar-refractivity contribution in [2.24, 2.45) is 0 Å². The zero-order chi connectivity index (χ0) is 10.5. The molecule has 2 heterocycles. The second-order valence-corrected chi connectivity index (χ2v) is 4.65. The van der Waals surface area contributed by atoms with E-state index < -0.39 is 0 Å². The normalized spacial score (nSPS) is 17.9. The molecule has 0 atom stereocenters. The zero-order valence-corrected chi connectivity index (χ0v) is 10.3. The Labute approximate surface area is 99.0 Å². The molecule has 1 N–H and O–H groups in total. The molecule has 0 spiro atoms. The van der Waals surface area contributed by atoms with Crippen LogP contribution in [0.1, 0.15) is 25.0 Å². The zero-order valence-electron chi connectivity index (χ0n) is 8.75. The van der Waals surface area contributed by atoms with Crippen LogP contribution in [-0.2, 0) is 6.54 Å². The molecule has 15 heavy (non-hydrogen) atoms. The van der Waals surface area contributed by atoms with E-state index in [1.165, 1.54) is 19.3 Å². The smallest absolute Gasteiger partial charge is 0.106 e. The molecule has 1 aromatic rings. The van der Waals surface area contributed by atoms with Gasteiger partial charge >= 0.3 is 0 Å². The topological polar surface area (TPSA) is 28.2 Å². The third-order valence-corrected chi connectivity index (χ3v) is 3.05. The average Bonchev–Trinajstić information content (AvgIpc) is 2.28. The highest BCUT2D eigenvalue weighted by Crippen LogP contribution is 2.08. The van der Waals surface area contributed by atoms with Crippen LogP contribution in [0.15, 0.2) is 22.8 Å². The minimum absolute atomic E-state index is 0.819. The van der Waals surface area contributed by atoms with Crippen molar-refractivity contribution in [1.82, 2.24) is 15.4 Å². The fraction of sp³-hybridized carbons (Fsp3) is 0.545. The highest BCUT2D eigenvalue weighted by molar-refractivity contribution is 9.10. The van der Waals surface area contributed by atoms with Gasteiger partial charge in [-0.15, -0.1) is 0 Å². The van der Waals surface area contributed by atoms with Crippen LogP contribution in [0.5, 0.6) is 0 Å². The Kier molecular flexibility index (Phi) is 4.11. The molecule has 0 unspecified atom stereocenters. The number of hydrogen-bond donors (Lipinski definition) is 1. The molecule has 0 bridgehead atoms. The molecule has 1 saturated heterocycles. The Morgan fingerprint density at radius 2 is 2.07 bits per heavy atom. The van der Waals surface area contributed by atoms with E-state index in [2.05, 4.69) is 31.3 Å². The lowest BCUT2D eigenvalue weighted by molar-refractivity contribution is 0.150. The molecule has 0 aromatic carbocycles. The summed E-state index contributed by atoms with van der Waals surface area (Å²) in [5, 5.41) is 2.30. The van der Waals surface area contributed by atoms with Crippen molar-refractivity contribution in [2.75, 3.05) is 13.1 Å². The summed E-state index contributed by atoms with van der Waals surface area (Å²) in [6.45, 7) is 3.14. The summed E-state index contributed by atoms with van der Waals surface area (Å²) in [4.78, 5) is 4.39. The van der Waals surface area contributed by atoms with E-state index in [1.807, 2.05) is 18.2 Å². The third-order valence-electron chi connectivity index (χ3n) is 2.61. The van der Waals surface area contributed by atoms with Crippen LogP contribution in [0, 0.1) is 0 Å². The molecule has 0 aliphatic carbocycles. The molecule has 0 amide bonds. The van der Waals surface area contributed by atoms with Gasteiger partial charge in [0.05, 0.1) is 12.2 Å². The van der Waals surface area contributed by atoms with Gasteiger partial charge in [0.1, 0.15) is 4.60 Å². The highest BCUT2D eigenvalue weighted by atomic mass is 79.9. The SMILES string of the molecule is Brc1cccc(CNN2CCCCC2)n1. The van der Waals surface area contributed by atoms with Crippen LogP contribution in [0.4, 0.5) is 0 Å². The maximum atomic E-state index is 4.39. The van der Waals surface area contributed by atoms with Crippen molar-refractivity contribution >= 4 is 15.9 Å². The van der Waals surface area contributed by atoms with E-state index in [-0.39, 0.29) is 0 Å². The molecule has 1 fully saturated rings. The van der Waals surface area contributed by atoms with E-state index in [0.717, 1.165) is 29.9 Å². The van der Waals surface area contributed by atoms with Crippen molar-refractivity contribution in [1.29, 1.82) is 0 Å². The van der Waals surface area contributed by atoms with Gasteiger partial charge in [-0.25, -0.2) is 15.4 Å².